The number of benzene rings is 13. The molecule has 0 saturated carbocycles. The Kier molecular flexibility index (Phi) is 10.1. The van der Waals surface area contributed by atoms with Crippen LogP contribution >= 0.6 is 0 Å². The lowest BCUT2D eigenvalue weighted by Gasteiger charge is -2.26. The standard InChI is InChI=1S/C72H50N4/c1-73-67-41-37-62(46-66(67)71-63-22-12-10-15-51(63)30-39-69(71)73)76(58-20-6-3-7-21-58)61-36-29-54-42-48(24-25-55(54)44-61)47-74-68-38-32-56(45-65(68)72-64-23-13-11-16-52(64)31-40-70(72)74)50-26-33-59(34-27-50)75(57-18-4-2-5-19-57)60-35-28-49-14-8-9-17-53(49)43-60/h2-46H,47H2,1H3. The zero-order chi connectivity index (χ0) is 50.3. The molecule has 0 saturated heterocycles. The summed E-state index contributed by atoms with van der Waals surface area (Å²) in [6, 6.07) is 100. The lowest BCUT2D eigenvalue weighted by molar-refractivity contribution is 0.871. The summed E-state index contributed by atoms with van der Waals surface area (Å²) >= 11 is 0. The fourth-order valence-corrected chi connectivity index (χ4v) is 12.2. The highest BCUT2D eigenvalue weighted by Crippen LogP contribution is 2.43. The first-order valence-electron chi connectivity index (χ1n) is 26.2. The number of fused-ring (bicyclic) bond motifs is 12. The molecule has 0 radical (unpaired) electrons. The largest absolute Gasteiger partial charge is 0.344 e. The van der Waals surface area contributed by atoms with Crippen molar-refractivity contribution in [3.63, 3.8) is 0 Å². The van der Waals surface area contributed by atoms with E-state index >= 15 is 0 Å². The van der Waals surface area contributed by atoms with E-state index in [1.54, 1.807) is 0 Å². The van der Waals surface area contributed by atoms with E-state index in [1.807, 2.05) is 0 Å². The van der Waals surface area contributed by atoms with Gasteiger partial charge in [-0.15, -0.1) is 0 Å². The van der Waals surface area contributed by atoms with Crippen LogP contribution in [-0.2, 0) is 13.6 Å². The van der Waals surface area contributed by atoms with Gasteiger partial charge in [0.1, 0.15) is 0 Å². The average molecular weight is 971 g/mol. The van der Waals surface area contributed by atoms with E-state index in [9.17, 15) is 0 Å². The van der Waals surface area contributed by atoms with Crippen molar-refractivity contribution < 1.29 is 0 Å². The highest BCUT2D eigenvalue weighted by molar-refractivity contribution is 6.22. The topological polar surface area (TPSA) is 16.3 Å². The monoisotopic (exact) mass is 970 g/mol. The van der Waals surface area contributed by atoms with Gasteiger partial charge in [0.2, 0.25) is 0 Å². The summed E-state index contributed by atoms with van der Waals surface area (Å²) in [6.45, 7) is 0.740. The van der Waals surface area contributed by atoms with E-state index in [-0.39, 0.29) is 0 Å². The number of nitrogens with zero attached hydrogens (tertiary/aromatic N) is 4. The maximum atomic E-state index is 2.52. The van der Waals surface area contributed by atoms with E-state index in [2.05, 4.69) is 299 Å². The van der Waals surface area contributed by atoms with Crippen LogP contribution in [0.1, 0.15) is 5.56 Å². The van der Waals surface area contributed by atoms with Gasteiger partial charge >= 0.3 is 0 Å². The molecule has 0 aliphatic rings. The second-order valence-electron chi connectivity index (χ2n) is 20.2. The SMILES string of the molecule is Cn1c2ccc(N(c3ccccc3)c3ccc4cc(Cn5c6ccc(-c7ccc(N(c8ccccc8)c8ccc9ccccc9c8)cc7)cc6c6c7ccccc7ccc65)ccc4c3)cc2c2c3ccccc3ccc21. The molecule has 76 heavy (non-hydrogen) atoms. The maximum Gasteiger partial charge on any atom is 0.0501 e. The minimum Gasteiger partial charge on any atom is -0.344 e. The predicted molar refractivity (Wildman–Crippen MR) is 324 cm³/mol. The number of hydrogen-bond donors (Lipinski definition) is 0. The van der Waals surface area contributed by atoms with E-state index in [1.165, 1.54) is 103 Å². The number of anilines is 6. The smallest absolute Gasteiger partial charge is 0.0501 e. The van der Waals surface area contributed by atoms with Gasteiger partial charge in [0.15, 0.2) is 0 Å². The third-order valence-corrected chi connectivity index (χ3v) is 15.9. The summed E-state index contributed by atoms with van der Waals surface area (Å²) in [6.07, 6.45) is 0. The second kappa shape index (κ2) is 17.7. The average Bonchev–Trinajstić information content (AvgIpc) is 4.03. The van der Waals surface area contributed by atoms with Crippen LogP contribution < -0.4 is 9.80 Å². The summed E-state index contributed by atoms with van der Waals surface area (Å²) in [5.41, 5.74) is 15.3. The number of aryl methyl sites for hydroxylation is 1. The number of aromatic nitrogens is 2. The molecule has 358 valence electrons. The van der Waals surface area contributed by atoms with Crippen molar-refractivity contribution in [1.29, 1.82) is 0 Å². The molecule has 15 rings (SSSR count). The van der Waals surface area contributed by atoms with Gasteiger partial charge in [-0.05, 0) is 169 Å². The molecular formula is C72H50N4. The Morgan fingerprint density at radius 3 is 1.41 bits per heavy atom. The predicted octanol–water partition coefficient (Wildman–Crippen LogP) is 19.7. The Balaban J connectivity index is 0.791. The molecule has 4 nitrogen and oxygen atoms in total. The van der Waals surface area contributed by atoms with Gasteiger partial charge < -0.3 is 18.9 Å². The first-order chi connectivity index (χ1) is 37.6. The molecule has 15 aromatic rings. The Bertz CT molecular complexity index is 4740. The van der Waals surface area contributed by atoms with E-state index < -0.39 is 0 Å². The van der Waals surface area contributed by atoms with Crippen molar-refractivity contribution >= 4 is 121 Å². The lowest BCUT2D eigenvalue weighted by Crippen LogP contribution is -2.09. The van der Waals surface area contributed by atoms with Crippen molar-refractivity contribution in [2.75, 3.05) is 9.80 Å². The van der Waals surface area contributed by atoms with Gasteiger partial charge in [0, 0.05) is 85.8 Å². The van der Waals surface area contributed by atoms with Crippen LogP contribution in [0.15, 0.2) is 273 Å². The van der Waals surface area contributed by atoms with Gasteiger partial charge in [-0.1, -0.05) is 164 Å². The summed E-state index contributed by atoms with van der Waals surface area (Å²) in [5, 5.41) is 15.0. The fraction of sp³-hybridized carbons (Fsp3) is 0.0278. The quantitative estimate of drug-likeness (QED) is 0.143. The van der Waals surface area contributed by atoms with E-state index in [0.717, 1.165) is 40.7 Å². The zero-order valence-electron chi connectivity index (χ0n) is 42.0. The summed E-state index contributed by atoms with van der Waals surface area (Å²) in [4.78, 5) is 4.74. The highest BCUT2D eigenvalue weighted by atomic mass is 15.1. The molecular weight excluding hydrogens is 921 g/mol. The van der Waals surface area contributed by atoms with Gasteiger partial charge in [0.05, 0.1) is 5.52 Å². The van der Waals surface area contributed by atoms with Crippen molar-refractivity contribution in [3.8, 4) is 11.1 Å². The van der Waals surface area contributed by atoms with Crippen LogP contribution in [0.25, 0.3) is 97.8 Å². The number of rotatable bonds is 9. The van der Waals surface area contributed by atoms with Crippen LogP contribution in [-0.4, -0.2) is 9.13 Å². The molecule has 4 heteroatoms. The van der Waals surface area contributed by atoms with Crippen LogP contribution in [0.3, 0.4) is 0 Å². The summed E-state index contributed by atoms with van der Waals surface area (Å²) in [7, 11) is 2.18. The van der Waals surface area contributed by atoms with E-state index in [4.69, 9.17) is 0 Å². The first-order valence-corrected chi connectivity index (χ1v) is 26.2. The molecule has 2 aromatic heterocycles. The maximum absolute atomic E-state index is 2.52. The fourth-order valence-electron chi connectivity index (χ4n) is 12.2. The van der Waals surface area contributed by atoms with Crippen LogP contribution in [0.5, 0.6) is 0 Å². The molecule has 0 amide bonds. The van der Waals surface area contributed by atoms with E-state index in [0.29, 0.717) is 0 Å². The van der Waals surface area contributed by atoms with Gasteiger partial charge in [-0.3, -0.25) is 0 Å². The Morgan fingerprint density at radius 1 is 0.276 bits per heavy atom. The molecule has 0 spiro atoms. The molecule has 0 N–H and O–H groups in total. The summed E-state index contributed by atoms with van der Waals surface area (Å²) < 4.78 is 4.85. The third-order valence-electron chi connectivity index (χ3n) is 15.9. The molecule has 0 aliphatic carbocycles. The second-order valence-corrected chi connectivity index (χ2v) is 20.2. The minimum atomic E-state index is 0.740. The van der Waals surface area contributed by atoms with Crippen molar-refractivity contribution in [2.24, 2.45) is 7.05 Å². The molecule has 0 fully saturated rings. The Morgan fingerprint density at radius 2 is 0.711 bits per heavy atom. The summed E-state index contributed by atoms with van der Waals surface area (Å²) in [5.74, 6) is 0. The van der Waals surface area contributed by atoms with Gasteiger partial charge in [0.25, 0.3) is 0 Å². The van der Waals surface area contributed by atoms with Crippen molar-refractivity contribution in [1.82, 2.24) is 9.13 Å². The van der Waals surface area contributed by atoms with Crippen molar-refractivity contribution in [2.45, 2.75) is 6.54 Å². The van der Waals surface area contributed by atoms with Crippen LogP contribution in [0.4, 0.5) is 34.1 Å². The minimum absolute atomic E-state index is 0.740. The molecule has 0 unspecified atom stereocenters. The van der Waals surface area contributed by atoms with Gasteiger partial charge in [-0.2, -0.15) is 0 Å². The lowest BCUT2D eigenvalue weighted by atomic mass is 9.99. The first kappa shape index (κ1) is 43.7. The van der Waals surface area contributed by atoms with Crippen molar-refractivity contribution in [3.05, 3.63) is 279 Å². The van der Waals surface area contributed by atoms with Gasteiger partial charge in [-0.25, -0.2) is 0 Å². The van der Waals surface area contributed by atoms with Crippen LogP contribution in [0, 0.1) is 0 Å². The Labute approximate surface area is 440 Å². The number of para-hydroxylation sites is 2. The molecule has 2 heterocycles. The molecule has 0 aliphatic heterocycles. The number of hydrogen-bond acceptors (Lipinski definition) is 2. The van der Waals surface area contributed by atoms with Crippen LogP contribution in [0.2, 0.25) is 0 Å². The third kappa shape index (κ3) is 7.21. The molecule has 13 aromatic carbocycles. The molecule has 0 atom stereocenters. The normalized spacial score (nSPS) is 11.8. The zero-order valence-corrected chi connectivity index (χ0v) is 42.0. The Hall–Kier alpha value is -9.90. The highest BCUT2D eigenvalue weighted by Gasteiger charge is 2.20. The molecule has 0 bridgehead atoms.